The van der Waals surface area contributed by atoms with Crippen LogP contribution in [-0.4, -0.2) is 12.1 Å². The molecule has 4 aliphatic rings. The summed E-state index contributed by atoms with van der Waals surface area (Å²) in [5, 5.41) is 0. The summed E-state index contributed by atoms with van der Waals surface area (Å²) >= 11 is 0. The van der Waals surface area contributed by atoms with Gasteiger partial charge >= 0.3 is 0 Å². The van der Waals surface area contributed by atoms with Crippen molar-refractivity contribution in [2.75, 3.05) is 0 Å². The maximum absolute atomic E-state index is 11.7. The fourth-order valence-electron chi connectivity index (χ4n) is 5.49. The maximum Gasteiger partial charge on any atom is 0.142 e. The molecule has 2 fully saturated rings. The Kier molecular flexibility index (Phi) is 5.42. The molecule has 0 radical (unpaired) electrons. The Hall–Kier alpha value is -1.18. The molecular weight excluding hydrogens is 296 g/mol. The van der Waals surface area contributed by atoms with Crippen molar-refractivity contribution >= 4 is 12.1 Å². The van der Waals surface area contributed by atoms with Crippen LogP contribution in [-0.2, 0) is 9.59 Å². The number of allylic oxidation sites excluding steroid dienone is 4. The monoisotopic (exact) mass is 328 g/mol. The lowest BCUT2D eigenvalue weighted by Gasteiger charge is -2.29. The smallest absolute Gasteiger partial charge is 0.142 e. The molecule has 0 aromatic rings. The Morgan fingerprint density at radius 3 is 2.42 bits per heavy atom. The zero-order chi connectivity index (χ0) is 17.2. The van der Waals surface area contributed by atoms with Crippen molar-refractivity contribution in [3.05, 3.63) is 24.3 Å². The quantitative estimate of drug-likeness (QED) is 0.517. The van der Waals surface area contributed by atoms with Crippen LogP contribution in [0.15, 0.2) is 24.3 Å². The Morgan fingerprint density at radius 1 is 1.04 bits per heavy atom. The van der Waals surface area contributed by atoms with Crippen LogP contribution in [0.25, 0.3) is 0 Å². The molecule has 132 valence electrons. The Bertz CT molecular complexity index is 532. The van der Waals surface area contributed by atoms with Gasteiger partial charge in [-0.05, 0) is 56.3 Å². The molecule has 2 saturated carbocycles. The minimum atomic E-state index is 0.0359. The summed E-state index contributed by atoms with van der Waals surface area (Å²) in [6, 6.07) is 0. The van der Waals surface area contributed by atoms with Gasteiger partial charge in [-0.3, -0.25) is 4.79 Å². The number of hydrogen-bond donors (Lipinski definition) is 0. The molecule has 0 amide bonds. The van der Waals surface area contributed by atoms with Gasteiger partial charge in [0, 0.05) is 17.3 Å². The highest BCUT2D eigenvalue weighted by Crippen LogP contribution is 2.53. The van der Waals surface area contributed by atoms with E-state index in [9.17, 15) is 9.59 Å². The van der Waals surface area contributed by atoms with Crippen LogP contribution in [0.4, 0.5) is 0 Å². The lowest BCUT2D eigenvalue weighted by atomic mass is 9.74. The number of fused-ring (bicyclic) bond motifs is 4. The lowest BCUT2D eigenvalue weighted by molar-refractivity contribution is -0.128. The van der Waals surface area contributed by atoms with E-state index in [2.05, 4.69) is 38.2 Å². The highest BCUT2D eigenvalue weighted by Gasteiger charge is 2.47. The molecule has 0 aliphatic heterocycles. The first-order valence-corrected chi connectivity index (χ1v) is 9.98. The topological polar surface area (TPSA) is 34.1 Å². The molecule has 0 N–H and O–H groups in total. The van der Waals surface area contributed by atoms with Crippen LogP contribution < -0.4 is 0 Å². The molecule has 0 spiro atoms. The fourth-order valence-corrected chi connectivity index (χ4v) is 5.49. The molecule has 24 heavy (non-hydrogen) atoms. The van der Waals surface area contributed by atoms with Crippen molar-refractivity contribution in [3.8, 4) is 0 Å². The third kappa shape index (κ3) is 3.30. The Morgan fingerprint density at radius 2 is 1.83 bits per heavy atom. The first kappa shape index (κ1) is 17.6. The number of hydrogen-bond acceptors (Lipinski definition) is 2. The van der Waals surface area contributed by atoms with E-state index in [1.165, 1.54) is 12.7 Å². The van der Waals surface area contributed by atoms with E-state index >= 15 is 0 Å². The summed E-state index contributed by atoms with van der Waals surface area (Å²) in [7, 11) is 0. The second-order valence-electron chi connectivity index (χ2n) is 8.40. The summed E-state index contributed by atoms with van der Waals surface area (Å²) in [6.45, 7) is 4.33. The molecule has 0 aromatic heterocycles. The molecule has 4 bridgehead atoms. The minimum absolute atomic E-state index is 0.0359. The van der Waals surface area contributed by atoms with Crippen molar-refractivity contribution in [2.24, 2.45) is 35.0 Å². The second kappa shape index (κ2) is 7.37. The molecule has 6 atom stereocenters. The second-order valence-corrected chi connectivity index (χ2v) is 8.40. The third-order valence-electron chi connectivity index (χ3n) is 6.67. The van der Waals surface area contributed by atoms with Gasteiger partial charge in [-0.15, -0.1) is 0 Å². The highest BCUT2D eigenvalue weighted by molar-refractivity contribution is 5.86. The van der Waals surface area contributed by atoms with Gasteiger partial charge in [0.1, 0.15) is 12.1 Å². The van der Waals surface area contributed by atoms with Gasteiger partial charge in [0.2, 0.25) is 0 Å². The van der Waals surface area contributed by atoms with Crippen molar-refractivity contribution in [1.82, 2.24) is 0 Å². The molecule has 2 heteroatoms. The molecule has 0 heterocycles. The van der Waals surface area contributed by atoms with Gasteiger partial charge in [-0.1, -0.05) is 51.0 Å². The number of Topliss-reactive ketones (excluding diaryl/α,β-unsaturated/α-hetero) is 1. The average Bonchev–Trinajstić information content (AvgIpc) is 3.28. The van der Waals surface area contributed by atoms with Crippen molar-refractivity contribution < 1.29 is 9.59 Å². The number of aldehydes is 1. The zero-order valence-electron chi connectivity index (χ0n) is 15.2. The number of rotatable bonds is 5. The standard InChI is InChI=1S/2C11H16O/c1-2-5-11(8-12)7-9-3-4-10(11)6-9;1-2-3-9-6-8-4-5-10(7-8)11(9)12/h3-4,8-10H,2,5-7H2,1H3;4-5,8-10H,2-3,6-7H2,1H3. The van der Waals surface area contributed by atoms with E-state index in [1.54, 1.807) is 0 Å². The highest BCUT2D eigenvalue weighted by atomic mass is 16.1. The van der Waals surface area contributed by atoms with Crippen molar-refractivity contribution in [1.29, 1.82) is 0 Å². The molecule has 4 aliphatic carbocycles. The predicted molar refractivity (Wildman–Crippen MR) is 97.5 cm³/mol. The van der Waals surface area contributed by atoms with Crippen LogP contribution in [0.1, 0.15) is 65.2 Å². The summed E-state index contributed by atoms with van der Waals surface area (Å²) in [4.78, 5) is 22.8. The van der Waals surface area contributed by atoms with Crippen LogP contribution in [0.3, 0.4) is 0 Å². The number of ketones is 1. The van der Waals surface area contributed by atoms with Crippen LogP contribution in [0, 0.1) is 35.0 Å². The van der Waals surface area contributed by atoms with E-state index in [0.717, 1.165) is 50.9 Å². The van der Waals surface area contributed by atoms with Crippen LogP contribution in [0.5, 0.6) is 0 Å². The molecule has 0 aromatic carbocycles. The summed E-state index contributed by atoms with van der Waals surface area (Å²) in [6.07, 6.45) is 19.2. The molecule has 2 nitrogen and oxygen atoms in total. The van der Waals surface area contributed by atoms with Gasteiger partial charge in [-0.25, -0.2) is 0 Å². The van der Waals surface area contributed by atoms with Crippen molar-refractivity contribution in [2.45, 2.75) is 65.2 Å². The SMILES string of the molecule is CCCC1(C=O)CC2C=CC1C2.CCCC1CC2C=CC(C2)C1=O. The van der Waals surface area contributed by atoms with Crippen LogP contribution in [0.2, 0.25) is 0 Å². The van der Waals surface area contributed by atoms with E-state index in [0.29, 0.717) is 29.5 Å². The largest absolute Gasteiger partial charge is 0.303 e. The van der Waals surface area contributed by atoms with E-state index in [1.807, 2.05) is 0 Å². The van der Waals surface area contributed by atoms with Crippen molar-refractivity contribution in [3.63, 3.8) is 0 Å². The fraction of sp³-hybridized carbons (Fsp3) is 0.727. The molecular formula is C22H32O2. The van der Waals surface area contributed by atoms with Gasteiger partial charge < -0.3 is 4.79 Å². The number of carbonyl (C=O) groups excluding carboxylic acids is 2. The lowest BCUT2D eigenvalue weighted by Crippen LogP contribution is -2.28. The first-order valence-electron chi connectivity index (χ1n) is 9.98. The number of carbonyl (C=O) groups is 2. The Balaban J connectivity index is 0.000000141. The first-order chi connectivity index (χ1) is 11.6. The summed E-state index contributed by atoms with van der Waals surface area (Å²) in [5.74, 6) is 3.20. The zero-order valence-corrected chi connectivity index (χ0v) is 15.2. The molecule has 4 rings (SSSR count). The molecule has 0 saturated heterocycles. The summed E-state index contributed by atoms with van der Waals surface area (Å²) in [5.41, 5.74) is 0.0359. The third-order valence-corrected chi connectivity index (χ3v) is 6.67. The predicted octanol–water partition coefficient (Wildman–Crippen LogP) is 5.14. The van der Waals surface area contributed by atoms with E-state index < -0.39 is 0 Å². The average molecular weight is 328 g/mol. The van der Waals surface area contributed by atoms with E-state index in [-0.39, 0.29) is 5.41 Å². The maximum atomic E-state index is 11.7. The molecule has 6 unspecified atom stereocenters. The Labute approximate surface area is 146 Å². The van der Waals surface area contributed by atoms with Gasteiger partial charge in [0.25, 0.3) is 0 Å². The summed E-state index contributed by atoms with van der Waals surface area (Å²) < 4.78 is 0. The normalized spacial score (nSPS) is 41.4. The van der Waals surface area contributed by atoms with Gasteiger partial charge in [0.15, 0.2) is 0 Å². The minimum Gasteiger partial charge on any atom is -0.303 e. The van der Waals surface area contributed by atoms with Crippen LogP contribution >= 0.6 is 0 Å². The van der Waals surface area contributed by atoms with Gasteiger partial charge in [-0.2, -0.15) is 0 Å². The van der Waals surface area contributed by atoms with E-state index in [4.69, 9.17) is 0 Å². The van der Waals surface area contributed by atoms with Gasteiger partial charge in [0.05, 0.1) is 0 Å².